The summed E-state index contributed by atoms with van der Waals surface area (Å²) in [5, 5.41) is 3.12. The summed E-state index contributed by atoms with van der Waals surface area (Å²) in [7, 11) is 0. The molecule has 1 fully saturated rings. The SMILES string of the molecule is CCc1cccc(CC)c1NC(=O)c1ccccc1N1C(=O)[C@@H]2C3c4ccccc4C(c4ccccc43)[C@@H]2C1=O. The molecular weight excluding hydrogens is 496 g/mol. The lowest BCUT2D eigenvalue weighted by Crippen LogP contribution is -2.41. The van der Waals surface area contributed by atoms with Gasteiger partial charge in [-0.15, -0.1) is 0 Å². The fourth-order valence-electron chi connectivity index (χ4n) is 7.36. The Hall–Kier alpha value is -4.51. The van der Waals surface area contributed by atoms with Crippen LogP contribution in [-0.2, 0) is 22.4 Å². The Bertz CT molecular complexity index is 1570. The summed E-state index contributed by atoms with van der Waals surface area (Å²) in [6.45, 7) is 4.12. The highest BCUT2D eigenvalue weighted by atomic mass is 16.2. The average molecular weight is 527 g/mol. The standard InChI is InChI=1S/C35H30N2O3/c1-3-20-12-11-13-21(4-2)32(20)36-33(38)26-18-9-10-19-27(26)37-34(39)30-28-22-14-5-6-15-23(22)29(31(30)35(37)40)25-17-8-7-16-24(25)28/h5-19,28-31H,3-4H2,1-2H3,(H,36,38)/t28?,29?,30-,31+. The zero-order valence-electron chi connectivity index (χ0n) is 22.6. The first-order valence-electron chi connectivity index (χ1n) is 14.1. The van der Waals surface area contributed by atoms with Crippen LogP contribution < -0.4 is 10.2 Å². The van der Waals surface area contributed by atoms with E-state index in [2.05, 4.69) is 43.4 Å². The first kappa shape index (κ1) is 24.5. The van der Waals surface area contributed by atoms with Crippen LogP contribution in [-0.4, -0.2) is 17.7 Å². The van der Waals surface area contributed by atoms with E-state index in [9.17, 15) is 14.4 Å². The monoisotopic (exact) mass is 526 g/mol. The van der Waals surface area contributed by atoms with Crippen LogP contribution in [0.2, 0.25) is 0 Å². The molecule has 0 aromatic heterocycles. The lowest BCUT2D eigenvalue weighted by atomic mass is 9.55. The second kappa shape index (κ2) is 9.30. The van der Waals surface area contributed by atoms with E-state index in [1.54, 1.807) is 24.3 Å². The number of hydrogen-bond donors (Lipinski definition) is 1. The first-order valence-corrected chi connectivity index (χ1v) is 14.1. The second-order valence-corrected chi connectivity index (χ2v) is 10.9. The number of nitrogens with one attached hydrogen (secondary N) is 1. The van der Waals surface area contributed by atoms with Crippen LogP contribution in [0.5, 0.6) is 0 Å². The minimum atomic E-state index is -0.495. The number of imide groups is 1. The topological polar surface area (TPSA) is 66.5 Å². The van der Waals surface area contributed by atoms with Crippen molar-refractivity contribution >= 4 is 29.1 Å². The van der Waals surface area contributed by atoms with Crippen molar-refractivity contribution in [3.8, 4) is 0 Å². The van der Waals surface area contributed by atoms with Crippen LogP contribution in [0, 0.1) is 11.8 Å². The van der Waals surface area contributed by atoms with Gasteiger partial charge in [0.15, 0.2) is 0 Å². The molecule has 8 rings (SSSR count). The van der Waals surface area contributed by atoms with Gasteiger partial charge >= 0.3 is 0 Å². The van der Waals surface area contributed by atoms with Crippen LogP contribution >= 0.6 is 0 Å². The molecule has 1 aliphatic heterocycles. The van der Waals surface area contributed by atoms with Gasteiger partial charge in [0.1, 0.15) is 0 Å². The quantitative estimate of drug-likeness (QED) is 0.304. The molecule has 0 spiro atoms. The van der Waals surface area contributed by atoms with Crippen LogP contribution in [0.25, 0.3) is 0 Å². The molecule has 4 aromatic carbocycles. The van der Waals surface area contributed by atoms with Crippen molar-refractivity contribution in [2.24, 2.45) is 11.8 Å². The van der Waals surface area contributed by atoms with Gasteiger partial charge in [-0.05, 0) is 58.4 Å². The molecule has 1 saturated heterocycles. The van der Waals surface area contributed by atoms with Gasteiger partial charge in [-0.25, -0.2) is 4.90 Å². The summed E-state index contributed by atoms with van der Waals surface area (Å²) in [5.41, 5.74) is 8.10. The van der Waals surface area contributed by atoms with Gasteiger partial charge in [-0.2, -0.15) is 0 Å². The number of benzene rings is 4. The number of para-hydroxylation sites is 2. The number of nitrogens with zero attached hydrogens (tertiary/aromatic N) is 1. The number of carbonyl (C=O) groups is 3. The van der Waals surface area contributed by atoms with Crippen molar-refractivity contribution in [1.82, 2.24) is 0 Å². The highest BCUT2D eigenvalue weighted by Gasteiger charge is 2.62. The number of aryl methyl sites for hydroxylation is 2. The smallest absolute Gasteiger partial charge is 0.257 e. The molecule has 0 unspecified atom stereocenters. The Morgan fingerprint density at radius 1 is 0.650 bits per heavy atom. The molecule has 4 aliphatic rings. The molecule has 2 bridgehead atoms. The van der Waals surface area contributed by atoms with Crippen molar-refractivity contribution < 1.29 is 14.4 Å². The molecule has 1 heterocycles. The van der Waals surface area contributed by atoms with Crippen LogP contribution in [0.4, 0.5) is 11.4 Å². The maximum atomic E-state index is 14.3. The molecule has 0 radical (unpaired) electrons. The third kappa shape index (κ3) is 3.37. The van der Waals surface area contributed by atoms with Gasteiger partial charge in [-0.3, -0.25) is 14.4 Å². The second-order valence-electron chi connectivity index (χ2n) is 10.9. The van der Waals surface area contributed by atoms with Crippen molar-refractivity contribution in [2.75, 3.05) is 10.2 Å². The number of carbonyl (C=O) groups excluding carboxylic acids is 3. The molecule has 3 amide bonds. The summed E-state index contributed by atoms with van der Waals surface area (Å²) in [4.78, 5) is 43.6. The van der Waals surface area contributed by atoms with Crippen molar-refractivity contribution in [1.29, 1.82) is 0 Å². The predicted octanol–water partition coefficient (Wildman–Crippen LogP) is 6.46. The normalized spacial score (nSPS) is 22.1. The van der Waals surface area contributed by atoms with E-state index < -0.39 is 11.8 Å². The summed E-state index contributed by atoms with van der Waals surface area (Å²) in [6.07, 6.45) is 1.56. The summed E-state index contributed by atoms with van der Waals surface area (Å²) < 4.78 is 0. The lowest BCUT2D eigenvalue weighted by Gasteiger charge is -2.45. The third-order valence-electron chi connectivity index (χ3n) is 9.08. The molecule has 3 aliphatic carbocycles. The molecule has 2 atom stereocenters. The van der Waals surface area contributed by atoms with Crippen LogP contribution in [0.15, 0.2) is 91.0 Å². The van der Waals surface area contributed by atoms with Gasteiger partial charge in [0.2, 0.25) is 11.8 Å². The largest absolute Gasteiger partial charge is 0.321 e. The molecule has 4 aromatic rings. The number of amides is 3. The summed E-state index contributed by atoms with van der Waals surface area (Å²) in [6, 6.07) is 29.4. The summed E-state index contributed by atoms with van der Waals surface area (Å²) >= 11 is 0. The van der Waals surface area contributed by atoms with E-state index in [0.717, 1.165) is 51.9 Å². The number of rotatable bonds is 5. The Kier molecular flexibility index (Phi) is 5.70. The van der Waals surface area contributed by atoms with Gasteiger partial charge < -0.3 is 5.32 Å². The average Bonchev–Trinajstić information content (AvgIpc) is 3.27. The Morgan fingerprint density at radius 2 is 1.10 bits per heavy atom. The molecule has 5 nitrogen and oxygen atoms in total. The van der Waals surface area contributed by atoms with E-state index in [1.165, 1.54) is 4.90 Å². The zero-order chi connectivity index (χ0) is 27.5. The van der Waals surface area contributed by atoms with E-state index in [4.69, 9.17) is 0 Å². The maximum absolute atomic E-state index is 14.3. The van der Waals surface area contributed by atoms with Gasteiger partial charge in [-0.1, -0.05) is 92.7 Å². The van der Waals surface area contributed by atoms with Crippen LogP contribution in [0.1, 0.15) is 69.4 Å². The van der Waals surface area contributed by atoms with Gasteiger partial charge in [0.25, 0.3) is 5.91 Å². The third-order valence-corrected chi connectivity index (χ3v) is 9.08. The number of hydrogen-bond acceptors (Lipinski definition) is 3. The minimum Gasteiger partial charge on any atom is -0.321 e. The fourth-order valence-corrected chi connectivity index (χ4v) is 7.36. The Labute approximate surface area is 233 Å². The van der Waals surface area contributed by atoms with Gasteiger partial charge in [0.05, 0.1) is 23.1 Å². The number of anilines is 2. The molecule has 0 saturated carbocycles. The minimum absolute atomic E-state index is 0.187. The highest BCUT2D eigenvalue weighted by Crippen LogP contribution is 2.61. The maximum Gasteiger partial charge on any atom is 0.257 e. The van der Waals surface area contributed by atoms with E-state index in [-0.39, 0.29) is 29.6 Å². The fraction of sp³-hybridized carbons (Fsp3) is 0.229. The first-order chi connectivity index (χ1) is 19.5. The van der Waals surface area contributed by atoms with Crippen molar-refractivity contribution in [3.63, 3.8) is 0 Å². The van der Waals surface area contributed by atoms with Crippen molar-refractivity contribution in [3.05, 3.63) is 130 Å². The van der Waals surface area contributed by atoms with E-state index in [1.807, 2.05) is 42.5 Å². The lowest BCUT2D eigenvalue weighted by molar-refractivity contribution is -0.122. The molecule has 198 valence electrons. The van der Waals surface area contributed by atoms with Crippen LogP contribution in [0.3, 0.4) is 0 Å². The molecule has 1 N–H and O–H groups in total. The highest BCUT2D eigenvalue weighted by molar-refractivity contribution is 6.26. The van der Waals surface area contributed by atoms with E-state index >= 15 is 0 Å². The predicted molar refractivity (Wildman–Crippen MR) is 156 cm³/mol. The Balaban J connectivity index is 1.31. The Morgan fingerprint density at radius 3 is 1.57 bits per heavy atom. The van der Waals surface area contributed by atoms with E-state index in [0.29, 0.717) is 11.3 Å². The zero-order valence-corrected chi connectivity index (χ0v) is 22.6. The van der Waals surface area contributed by atoms with Gasteiger partial charge in [0, 0.05) is 17.5 Å². The molecule has 5 heteroatoms. The summed E-state index contributed by atoms with van der Waals surface area (Å²) in [5.74, 6) is -2.13. The molecule has 40 heavy (non-hydrogen) atoms. The molecular formula is C35H30N2O3. The van der Waals surface area contributed by atoms with Crippen molar-refractivity contribution in [2.45, 2.75) is 38.5 Å².